The zero-order chi connectivity index (χ0) is 20.0. The van der Waals surface area contributed by atoms with Gasteiger partial charge in [-0.2, -0.15) is 0 Å². The Bertz CT molecular complexity index is 1070. The van der Waals surface area contributed by atoms with E-state index < -0.39 is 0 Å². The molecule has 1 saturated heterocycles. The Morgan fingerprint density at radius 3 is 2.64 bits per heavy atom. The quantitative estimate of drug-likeness (QED) is 0.696. The lowest BCUT2D eigenvalue weighted by atomic mass is 9.95. The van der Waals surface area contributed by atoms with Gasteiger partial charge in [0.2, 0.25) is 0 Å². The van der Waals surface area contributed by atoms with E-state index in [1.807, 2.05) is 4.90 Å². The zero-order valence-electron chi connectivity index (χ0n) is 15.6. The second-order valence-corrected chi connectivity index (χ2v) is 8.12. The highest BCUT2D eigenvalue weighted by Gasteiger charge is 2.29. The predicted octanol–water partition coefficient (Wildman–Crippen LogP) is 3.75. The van der Waals surface area contributed by atoms with E-state index in [0.29, 0.717) is 28.7 Å². The number of anilines is 1. The summed E-state index contributed by atoms with van der Waals surface area (Å²) < 4.78 is 1.73. The van der Waals surface area contributed by atoms with Crippen LogP contribution < -0.4 is 5.73 Å². The van der Waals surface area contributed by atoms with E-state index in [1.54, 1.807) is 17.0 Å². The number of imidazole rings is 1. The van der Waals surface area contributed by atoms with Gasteiger partial charge >= 0.3 is 0 Å². The molecule has 9 heteroatoms. The number of likely N-dealkylation sites (tertiary alicyclic amines) is 1. The smallest absolute Gasteiger partial charge is 0.255 e. The Morgan fingerprint density at radius 2 is 2.00 bits per heavy atom. The van der Waals surface area contributed by atoms with Gasteiger partial charge < -0.3 is 10.6 Å². The van der Waals surface area contributed by atoms with Crippen molar-refractivity contribution in [2.75, 3.05) is 18.8 Å². The third-order valence-corrected chi connectivity index (χ3v) is 5.55. The van der Waals surface area contributed by atoms with Crippen LogP contribution in [-0.2, 0) is 6.42 Å². The lowest BCUT2D eigenvalue weighted by Crippen LogP contribution is -2.42. The molecule has 1 fully saturated rings. The largest absolute Gasteiger partial charge is 0.382 e. The van der Waals surface area contributed by atoms with E-state index in [2.05, 4.69) is 28.8 Å². The standard InChI is InChI=1S/C19H20Cl2N6O/c1-10(2)6-11-14(19(28)26-4-3-5-26)12(20)7-13-16(11)25-9-27(13)18-15(21)17(22)23-8-24-18/h7-10H,3-6H2,1-2H3,(H2,22,23,24). The summed E-state index contributed by atoms with van der Waals surface area (Å²) in [6.45, 7) is 5.73. The van der Waals surface area contributed by atoms with Crippen molar-refractivity contribution in [1.29, 1.82) is 0 Å². The van der Waals surface area contributed by atoms with Crippen LogP contribution in [0.15, 0.2) is 18.7 Å². The van der Waals surface area contributed by atoms with Crippen molar-refractivity contribution in [2.24, 2.45) is 5.92 Å². The molecule has 1 aliphatic rings. The van der Waals surface area contributed by atoms with E-state index in [9.17, 15) is 4.79 Å². The molecule has 0 bridgehead atoms. The predicted molar refractivity (Wildman–Crippen MR) is 110 cm³/mol. The minimum absolute atomic E-state index is 0.0346. The molecule has 3 aromatic rings. The number of aromatic nitrogens is 4. The zero-order valence-corrected chi connectivity index (χ0v) is 17.1. The average molecular weight is 419 g/mol. The van der Waals surface area contributed by atoms with Gasteiger partial charge in [-0.15, -0.1) is 0 Å². The minimum atomic E-state index is -0.0346. The molecule has 2 N–H and O–H groups in total. The van der Waals surface area contributed by atoms with Gasteiger partial charge in [0.25, 0.3) is 5.91 Å². The van der Waals surface area contributed by atoms with E-state index in [-0.39, 0.29) is 16.7 Å². The van der Waals surface area contributed by atoms with Gasteiger partial charge in [0.05, 0.1) is 21.6 Å². The maximum absolute atomic E-state index is 13.0. The lowest BCUT2D eigenvalue weighted by molar-refractivity contribution is 0.0651. The van der Waals surface area contributed by atoms with Crippen LogP contribution in [-0.4, -0.2) is 43.4 Å². The first-order valence-electron chi connectivity index (χ1n) is 9.12. The van der Waals surface area contributed by atoms with Gasteiger partial charge in [-0.05, 0) is 30.4 Å². The number of fused-ring (bicyclic) bond motifs is 1. The number of nitrogens with zero attached hydrogens (tertiary/aromatic N) is 5. The molecule has 1 aliphatic heterocycles. The normalized spacial score (nSPS) is 14.0. The van der Waals surface area contributed by atoms with E-state index in [0.717, 1.165) is 36.1 Å². The molecule has 28 heavy (non-hydrogen) atoms. The van der Waals surface area contributed by atoms with E-state index in [1.165, 1.54) is 6.33 Å². The molecule has 4 rings (SSSR count). The Kier molecular flexibility index (Phi) is 4.89. The second-order valence-electron chi connectivity index (χ2n) is 7.33. The number of benzene rings is 1. The second kappa shape index (κ2) is 7.22. The molecular formula is C19H20Cl2N6O. The number of rotatable bonds is 4. The van der Waals surface area contributed by atoms with Gasteiger partial charge in [0.15, 0.2) is 5.82 Å². The molecule has 7 nitrogen and oxygen atoms in total. The SMILES string of the molecule is CC(C)Cc1c(C(=O)N2CCC2)c(Cl)cc2c1ncn2-c1ncnc(N)c1Cl. The summed E-state index contributed by atoms with van der Waals surface area (Å²) >= 11 is 12.9. The van der Waals surface area contributed by atoms with Crippen LogP contribution in [0.3, 0.4) is 0 Å². The van der Waals surface area contributed by atoms with Crippen LogP contribution in [0.5, 0.6) is 0 Å². The molecule has 0 spiro atoms. The molecule has 0 saturated carbocycles. The molecular weight excluding hydrogens is 399 g/mol. The van der Waals surface area contributed by atoms with Crippen LogP contribution in [0.4, 0.5) is 5.82 Å². The highest BCUT2D eigenvalue weighted by molar-refractivity contribution is 6.35. The fourth-order valence-corrected chi connectivity index (χ4v) is 3.90. The molecule has 1 amide bonds. The Balaban J connectivity index is 1.95. The first-order valence-corrected chi connectivity index (χ1v) is 9.88. The van der Waals surface area contributed by atoms with Gasteiger partial charge in [0.1, 0.15) is 23.5 Å². The maximum Gasteiger partial charge on any atom is 0.255 e. The molecule has 1 aromatic carbocycles. The molecule has 0 radical (unpaired) electrons. The Labute approximate surface area is 172 Å². The first kappa shape index (κ1) is 19.0. The van der Waals surface area contributed by atoms with Crippen LogP contribution >= 0.6 is 23.2 Å². The third kappa shape index (κ3) is 3.08. The molecule has 2 aromatic heterocycles. The maximum atomic E-state index is 13.0. The molecule has 0 atom stereocenters. The van der Waals surface area contributed by atoms with Gasteiger partial charge in [-0.3, -0.25) is 9.36 Å². The third-order valence-electron chi connectivity index (χ3n) is 4.89. The van der Waals surface area contributed by atoms with Crippen molar-refractivity contribution in [3.63, 3.8) is 0 Å². The summed E-state index contributed by atoms with van der Waals surface area (Å²) in [5, 5.41) is 0.643. The fraction of sp³-hybridized carbons (Fsp3) is 0.368. The molecule has 146 valence electrons. The number of nitrogen functional groups attached to an aromatic ring is 1. The summed E-state index contributed by atoms with van der Waals surface area (Å²) in [6.07, 6.45) is 4.67. The summed E-state index contributed by atoms with van der Waals surface area (Å²) in [4.78, 5) is 27.6. The number of nitrogens with two attached hydrogens (primary N) is 1. The molecule has 3 heterocycles. The van der Waals surface area contributed by atoms with Crippen molar-refractivity contribution < 1.29 is 4.79 Å². The lowest BCUT2D eigenvalue weighted by Gasteiger charge is -2.32. The number of hydrogen-bond acceptors (Lipinski definition) is 5. The Hall–Kier alpha value is -2.38. The molecule has 0 unspecified atom stereocenters. The highest BCUT2D eigenvalue weighted by Crippen LogP contribution is 2.34. The number of carbonyl (C=O) groups is 1. The van der Waals surface area contributed by atoms with Crippen LogP contribution in [0.25, 0.3) is 16.9 Å². The van der Waals surface area contributed by atoms with E-state index >= 15 is 0 Å². The fourth-order valence-electron chi connectivity index (χ4n) is 3.41. The number of carbonyl (C=O) groups excluding carboxylic acids is 1. The average Bonchev–Trinajstić information content (AvgIpc) is 2.98. The van der Waals surface area contributed by atoms with Crippen molar-refractivity contribution in [2.45, 2.75) is 26.7 Å². The van der Waals surface area contributed by atoms with Crippen molar-refractivity contribution >= 4 is 46.0 Å². The van der Waals surface area contributed by atoms with Crippen molar-refractivity contribution in [1.82, 2.24) is 24.4 Å². The van der Waals surface area contributed by atoms with Crippen molar-refractivity contribution in [3.8, 4) is 5.82 Å². The monoisotopic (exact) mass is 418 g/mol. The minimum Gasteiger partial charge on any atom is -0.382 e. The molecule has 0 aliphatic carbocycles. The first-order chi connectivity index (χ1) is 13.4. The number of hydrogen-bond donors (Lipinski definition) is 1. The van der Waals surface area contributed by atoms with Gasteiger partial charge in [-0.1, -0.05) is 37.0 Å². The highest BCUT2D eigenvalue weighted by atomic mass is 35.5. The van der Waals surface area contributed by atoms with Gasteiger partial charge in [-0.25, -0.2) is 15.0 Å². The van der Waals surface area contributed by atoms with Crippen molar-refractivity contribution in [3.05, 3.63) is 39.9 Å². The summed E-state index contributed by atoms with van der Waals surface area (Å²) in [6, 6.07) is 1.75. The number of amides is 1. The Morgan fingerprint density at radius 1 is 1.25 bits per heavy atom. The van der Waals surface area contributed by atoms with E-state index in [4.69, 9.17) is 28.9 Å². The van der Waals surface area contributed by atoms with Crippen LogP contribution in [0.2, 0.25) is 10.0 Å². The summed E-state index contributed by atoms with van der Waals surface area (Å²) in [5.74, 6) is 0.900. The van der Waals surface area contributed by atoms with Crippen LogP contribution in [0, 0.1) is 5.92 Å². The summed E-state index contributed by atoms with van der Waals surface area (Å²) in [7, 11) is 0. The topological polar surface area (TPSA) is 89.9 Å². The van der Waals surface area contributed by atoms with Gasteiger partial charge in [0, 0.05) is 13.1 Å². The van der Waals surface area contributed by atoms with Crippen LogP contribution in [0.1, 0.15) is 36.2 Å². The summed E-state index contributed by atoms with van der Waals surface area (Å²) in [5.41, 5.74) is 8.66. The number of halogens is 2.